The van der Waals surface area contributed by atoms with Crippen LogP contribution >= 0.6 is 11.6 Å². The number of carbonyl (C=O) groups is 2. The Hall–Kier alpha value is -1.35. The summed E-state index contributed by atoms with van der Waals surface area (Å²) in [5.74, 6) is 0.769. The molecule has 19 heavy (non-hydrogen) atoms. The molecule has 98 valence electrons. The first-order valence-corrected chi connectivity index (χ1v) is 7.18. The molecule has 1 aliphatic heterocycles. The molecule has 0 spiro atoms. The minimum atomic E-state index is -0.0538. The zero-order valence-corrected chi connectivity index (χ0v) is 11.1. The lowest BCUT2D eigenvalue weighted by Crippen LogP contribution is -2.32. The third-order valence-electron chi connectivity index (χ3n) is 5.01. The molecular weight excluding hydrogens is 262 g/mol. The fourth-order valence-electron chi connectivity index (χ4n) is 4.25. The first-order valence-electron chi connectivity index (χ1n) is 6.80. The van der Waals surface area contributed by atoms with Crippen LogP contribution in [0.25, 0.3) is 0 Å². The number of halogens is 1. The molecule has 3 fully saturated rings. The molecule has 4 rings (SSSR count). The van der Waals surface area contributed by atoms with Crippen molar-refractivity contribution in [3.8, 4) is 0 Å². The lowest BCUT2D eigenvalue weighted by Gasteiger charge is -2.19. The molecule has 0 radical (unpaired) electrons. The molecule has 4 heteroatoms. The summed E-state index contributed by atoms with van der Waals surface area (Å²) >= 11 is 5.85. The molecule has 0 N–H and O–H groups in total. The van der Waals surface area contributed by atoms with Crippen LogP contribution in [-0.2, 0) is 9.59 Å². The van der Waals surface area contributed by atoms with Gasteiger partial charge in [0.25, 0.3) is 0 Å². The van der Waals surface area contributed by atoms with Crippen molar-refractivity contribution in [2.24, 2.45) is 23.7 Å². The highest BCUT2D eigenvalue weighted by molar-refractivity contribution is 6.30. The standard InChI is InChI=1S/C15H14ClNO2/c16-10-3-5-11(6-4-10)17-14(18)12-8-1-2-9(7-8)13(12)15(17)19/h3-6,8-9,12-13H,1-2,7H2/t8-,9-,12+,13+/m1/s1. The van der Waals surface area contributed by atoms with Crippen LogP contribution in [0.4, 0.5) is 5.69 Å². The predicted octanol–water partition coefficient (Wildman–Crippen LogP) is 2.88. The van der Waals surface area contributed by atoms with Crippen molar-refractivity contribution >= 4 is 29.1 Å². The minimum absolute atomic E-state index is 0.00419. The third-order valence-corrected chi connectivity index (χ3v) is 5.26. The van der Waals surface area contributed by atoms with Gasteiger partial charge in [0, 0.05) is 5.02 Å². The molecule has 2 bridgehead atoms. The van der Waals surface area contributed by atoms with Crippen LogP contribution in [0.2, 0.25) is 5.02 Å². The molecule has 1 heterocycles. The number of nitrogens with zero attached hydrogens (tertiary/aromatic N) is 1. The summed E-state index contributed by atoms with van der Waals surface area (Å²) < 4.78 is 0. The molecule has 3 aliphatic rings. The summed E-state index contributed by atoms with van der Waals surface area (Å²) in [7, 11) is 0. The first kappa shape index (κ1) is 11.5. The zero-order valence-electron chi connectivity index (χ0n) is 10.4. The average Bonchev–Trinajstić information content (AvgIpc) is 3.06. The van der Waals surface area contributed by atoms with Crippen molar-refractivity contribution in [1.29, 1.82) is 0 Å². The van der Waals surface area contributed by atoms with Gasteiger partial charge in [0.1, 0.15) is 0 Å². The summed E-state index contributed by atoms with van der Waals surface area (Å²) in [6.45, 7) is 0. The zero-order chi connectivity index (χ0) is 13.1. The first-order chi connectivity index (χ1) is 9.16. The van der Waals surface area contributed by atoms with Crippen LogP contribution in [0.15, 0.2) is 24.3 Å². The molecule has 2 saturated carbocycles. The normalized spacial score (nSPS) is 36.2. The van der Waals surface area contributed by atoms with Crippen LogP contribution < -0.4 is 4.90 Å². The number of amides is 2. The van der Waals surface area contributed by atoms with Gasteiger partial charge in [-0.05, 0) is 55.4 Å². The van der Waals surface area contributed by atoms with Gasteiger partial charge in [-0.1, -0.05) is 11.6 Å². The Labute approximate surface area is 116 Å². The maximum atomic E-state index is 12.5. The monoisotopic (exact) mass is 275 g/mol. The highest BCUT2D eigenvalue weighted by Gasteiger charge is 2.61. The Morgan fingerprint density at radius 3 is 2.00 bits per heavy atom. The second kappa shape index (κ2) is 3.83. The van der Waals surface area contributed by atoms with Gasteiger partial charge in [0.15, 0.2) is 0 Å². The van der Waals surface area contributed by atoms with E-state index in [-0.39, 0.29) is 23.7 Å². The van der Waals surface area contributed by atoms with Crippen LogP contribution in [0.3, 0.4) is 0 Å². The van der Waals surface area contributed by atoms with E-state index in [0.717, 1.165) is 19.3 Å². The van der Waals surface area contributed by atoms with Gasteiger partial charge < -0.3 is 0 Å². The van der Waals surface area contributed by atoms with E-state index < -0.39 is 0 Å². The van der Waals surface area contributed by atoms with Crippen molar-refractivity contribution in [1.82, 2.24) is 0 Å². The molecule has 0 aromatic heterocycles. The van der Waals surface area contributed by atoms with Gasteiger partial charge in [0.2, 0.25) is 11.8 Å². The number of imide groups is 1. The molecule has 4 atom stereocenters. The Bertz CT molecular complexity index is 540. The largest absolute Gasteiger partial charge is 0.274 e. The van der Waals surface area contributed by atoms with E-state index in [4.69, 9.17) is 11.6 Å². The second-order valence-electron chi connectivity index (χ2n) is 5.87. The molecular formula is C15H14ClNO2. The topological polar surface area (TPSA) is 37.4 Å². The maximum absolute atomic E-state index is 12.5. The lowest BCUT2D eigenvalue weighted by atomic mass is 9.81. The van der Waals surface area contributed by atoms with Gasteiger partial charge in [-0.15, -0.1) is 0 Å². The average molecular weight is 276 g/mol. The fourth-order valence-corrected chi connectivity index (χ4v) is 4.38. The Balaban J connectivity index is 1.73. The number of hydrogen-bond donors (Lipinski definition) is 0. The molecule has 2 aliphatic carbocycles. The molecule has 1 aromatic rings. The van der Waals surface area contributed by atoms with Gasteiger partial charge in [-0.25, -0.2) is 0 Å². The smallest absolute Gasteiger partial charge is 0.237 e. The van der Waals surface area contributed by atoms with Crippen molar-refractivity contribution in [2.45, 2.75) is 19.3 Å². The molecule has 1 saturated heterocycles. The van der Waals surface area contributed by atoms with E-state index in [0.29, 0.717) is 22.5 Å². The SMILES string of the molecule is O=C1[C@H]2[C@@H]3CC[C@H](C3)[C@@H]2C(=O)N1c1ccc(Cl)cc1. The van der Waals surface area contributed by atoms with E-state index >= 15 is 0 Å². The highest BCUT2D eigenvalue weighted by atomic mass is 35.5. The van der Waals surface area contributed by atoms with E-state index in [1.165, 1.54) is 4.90 Å². The highest BCUT2D eigenvalue weighted by Crippen LogP contribution is 2.56. The Morgan fingerprint density at radius 2 is 1.47 bits per heavy atom. The summed E-state index contributed by atoms with van der Waals surface area (Å²) in [6, 6.07) is 6.95. The quantitative estimate of drug-likeness (QED) is 0.739. The number of benzene rings is 1. The van der Waals surface area contributed by atoms with Crippen molar-refractivity contribution in [3.05, 3.63) is 29.3 Å². The van der Waals surface area contributed by atoms with Crippen molar-refractivity contribution in [3.63, 3.8) is 0 Å². The summed E-state index contributed by atoms with van der Waals surface area (Å²) in [4.78, 5) is 26.5. The van der Waals surface area contributed by atoms with E-state index in [9.17, 15) is 9.59 Å². The van der Waals surface area contributed by atoms with Gasteiger partial charge in [-0.3, -0.25) is 14.5 Å². The number of rotatable bonds is 1. The number of fused-ring (bicyclic) bond motifs is 5. The molecule has 0 unspecified atom stereocenters. The number of hydrogen-bond acceptors (Lipinski definition) is 2. The van der Waals surface area contributed by atoms with Crippen LogP contribution in [0, 0.1) is 23.7 Å². The number of anilines is 1. The van der Waals surface area contributed by atoms with Gasteiger partial charge in [-0.2, -0.15) is 0 Å². The second-order valence-corrected chi connectivity index (χ2v) is 6.31. The summed E-state index contributed by atoms with van der Waals surface area (Å²) in [5.41, 5.74) is 0.660. The lowest BCUT2D eigenvalue weighted by molar-refractivity contribution is -0.123. The Morgan fingerprint density at radius 1 is 0.947 bits per heavy atom. The molecule has 1 aromatic carbocycles. The molecule has 3 nitrogen and oxygen atoms in total. The van der Waals surface area contributed by atoms with E-state index in [1.54, 1.807) is 24.3 Å². The summed E-state index contributed by atoms with van der Waals surface area (Å²) in [5, 5.41) is 0.614. The molecule has 2 amide bonds. The number of carbonyl (C=O) groups excluding carboxylic acids is 2. The summed E-state index contributed by atoms with van der Waals surface area (Å²) in [6.07, 6.45) is 3.29. The van der Waals surface area contributed by atoms with Crippen molar-refractivity contribution in [2.75, 3.05) is 4.90 Å². The van der Waals surface area contributed by atoms with Crippen LogP contribution in [-0.4, -0.2) is 11.8 Å². The van der Waals surface area contributed by atoms with E-state index in [2.05, 4.69) is 0 Å². The van der Waals surface area contributed by atoms with Crippen LogP contribution in [0.1, 0.15) is 19.3 Å². The fraction of sp³-hybridized carbons (Fsp3) is 0.467. The minimum Gasteiger partial charge on any atom is -0.274 e. The van der Waals surface area contributed by atoms with Crippen molar-refractivity contribution < 1.29 is 9.59 Å². The van der Waals surface area contributed by atoms with Crippen LogP contribution in [0.5, 0.6) is 0 Å². The van der Waals surface area contributed by atoms with E-state index in [1.807, 2.05) is 0 Å². The third kappa shape index (κ3) is 1.45. The predicted molar refractivity (Wildman–Crippen MR) is 71.8 cm³/mol. The van der Waals surface area contributed by atoms with Gasteiger partial charge in [0.05, 0.1) is 17.5 Å². The van der Waals surface area contributed by atoms with Gasteiger partial charge >= 0.3 is 0 Å². The Kier molecular flexibility index (Phi) is 2.31. The maximum Gasteiger partial charge on any atom is 0.237 e.